The van der Waals surface area contributed by atoms with Crippen LogP contribution in [0.2, 0.25) is 0 Å². The zero-order chi connectivity index (χ0) is 23.8. The maximum atomic E-state index is 14.7. The number of carbonyl (C=O) groups is 1. The van der Waals surface area contributed by atoms with Crippen molar-refractivity contribution >= 4 is 23.1 Å². The standard InChI is InChI=1S/C23H28FN5O4/c1-14-26-19(28(22(31)33-23(2,3)4)11-15-8-6-5-7-9-15)18-20(27-14)29(13-25-18)21-17(24)10-16(12-30)32-21/h5-9,13,16-17,21,30H,10-12H2,1-4H3. The van der Waals surface area contributed by atoms with Crippen LogP contribution in [0.15, 0.2) is 36.7 Å². The number of imidazole rings is 1. The first-order chi connectivity index (χ1) is 15.7. The topological polar surface area (TPSA) is 103 Å². The van der Waals surface area contributed by atoms with Gasteiger partial charge in [0, 0.05) is 6.42 Å². The van der Waals surface area contributed by atoms with Crippen LogP contribution in [-0.2, 0) is 16.0 Å². The molecule has 3 aromatic rings. The molecule has 33 heavy (non-hydrogen) atoms. The van der Waals surface area contributed by atoms with Gasteiger partial charge in [0.15, 0.2) is 23.2 Å². The molecule has 3 atom stereocenters. The van der Waals surface area contributed by atoms with Crippen LogP contribution >= 0.6 is 0 Å². The van der Waals surface area contributed by atoms with E-state index in [9.17, 15) is 14.3 Å². The second-order valence-electron chi connectivity index (χ2n) is 9.05. The molecule has 0 aliphatic carbocycles. The van der Waals surface area contributed by atoms with Crippen LogP contribution in [0.4, 0.5) is 15.0 Å². The Labute approximate surface area is 191 Å². The summed E-state index contributed by atoms with van der Waals surface area (Å²) in [6.07, 6.45) is -1.98. The van der Waals surface area contributed by atoms with E-state index in [2.05, 4.69) is 15.0 Å². The van der Waals surface area contributed by atoms with E-state index < -0.39 is 30.2 Å². The van der Waals surface area contributed by atoms with Gasteiger partial charge < -0.3 is 14.6 Å². The van der Waals surface area contributed by atoms with Crippen LogP contribution in [0.25, 0.3) is 11.2 Å². The lowest BCUT2D eigenvalue weighted by molar-refractivity contribution is -0.0351. The monoisotopic (exact) mass is 457 g/mol. The van der Waals surface area contributed by atoms with Gasteiger partial charge in [0.05, 0.1) is 25.6 Å². The lowest BCUT2D eigenvalue weighted by Gasteiger charge is -2.27. The number of amides is 1. The summed E-state index contributed by atoms with van der Waals surface area (Å²) in [6.45, 7) is 6.99. The zero-order valence-corrected chi connectivity index (χ0v) is 19.1. The molecule has 176 valence electrons. The fourth-order valence-corrected chi connectivity index (χ4v) is 3.75. The molecule has 1 saturated heterocycles. The Morgan fingerprint density at radius 3 is 2.67 bits per heavy atom. The van der Waals surface area contributed by atoms with Crippen molar-refractivity contribution in [3.05, 3.63) is 48.0 Å². The lowest BCUT2D eigenvalue weighted by Crippen LogP contribution is -2.37. The van der Waals surface area contributed by atoms with Crippen LogP contribution in [0, 0.1) is 6.92 Å². The number of hydrogen-bond donors (Lipinski definition) is 1. The summed E-state index contributed by atoms with van der Waals surface area (Å²) >= 11 is 0. The van der Waals surface area contributed by atoms with Gasteiger partial charge in [-0.1, -0.05) is 30.3 Å². The maximum absolute atomic E-state index is 14.7. The molecule has 0 radical (unpaired) electrons. The zero-order valence-electron chi connectivity index (χ0n) is 19.1. The highest BCUT2D eigenvalue weighted by Gasteiger charge is 2.38. The molecule has 0 spiro atoms. The molecule has 3 heterocycles. The van der Waals surface area contributed by atoms with E-state index in [4.69, 9.17) is 9.47 Å². The van der Waals surface area contributed by atoms with Crippen LogP contribution in [0.3, 0.4) is 0 Å². The second kappa shape index (κ2) is 9.03. The minimum Gasteiger partial charge on any atom is -0.443 e. The fraction of sp³-hybridized carbons (Fsp3) is 0.478. The third kappa shape index (κ3) is 4.96. The smallest absolute Gasteiger partial charge is 0.416 e. The first-order valence-corrected chi connectivity index (χ1v) is 10.8. The van der Waals surface area contributed by atoms with Gasteiger partial charge in [0.2, 0.25) is 0 Å². The number of alkyl halides is 1. The Balaban J connectivity index is 1.79. The molecule has 4 rings (SSSR count). The highest BCUT2D eigenvalue weighted by Crippen LogP contribution is 2.35. The van der Waals surface area contributed by atoms with Gasteiger partial charge in [-0.15, -0.1) is 0 Å². The highest BCUT2D eigenvalue weighted by molar-refractivity contribution is 5.95. The average molecular weight is 458 g/mol. The molecule has 1 aliphatic heterocycles. The third-order valence-corrected chi connectivity index (χ3v) is 5.18. The van der Waals surface area contributed by atoms with E-state index in [1.165, 1.54) is 15.8 Å². The number of aliphatic hydroxyl groups excluding tert-OH is 1. The van der Waals surface area contributed by atoms with E-state index in [0.717, 1.165) is 5.56 Å². The predicted molar refractivity (Wildman–Crippen MR) is 119 cm³/mol. The van der Waals surface area contributed by atoms with E-state index in [1.54, 1.807) is 27.7 Å². The summed E-state index contributed by atoms with van der Waals surface area (Å²) < 4.78 is 27.5. The number of fused-ring (bicyclic) bond motifs is 1. The summed E-state index contributed by atoms with van der Waals surface area (Å²) in [4.78, 5) is 28.0. The number of ether oxygens (including phenoxy) is 2. The number of aromatic nitrogens is 4. The van der Waals surface area contributed by atoms with Crippen molar-refractivity contribution in [3.8, 4) is 0 Å². The van der Waals surface area contributed by atoms with E-state index in [0.29, 0.717) is 17.0 Å². The van der Waals surface area contributed by atoms with Crippen molar-refractivity contribution in [2.45, 2.75) is 64.8 Å². The number of halogens is 1. The number of benzene rings is 1. The molecular weight excluding hydrogens is 429 g/mol. The number of hydrogen-bond acceptors (Lipinski definition) is 7. The van der Waals surface area contributed by atoms with Gasteiger partial charge in [-0.3, -0.25) is 9.47 Å². The summed E-state index contributed by atoms with van der Waals surface area (Å²) in [5.41, 5.74) is 0.822. The number of nitrogens with zero attached hydrogens (tertiary/aromatic N) is 5. The molecule has 10 heteroatoms. The normalized spacial score (nSPS) is 20.8. The molecule has 0 saturated carbocycles. The average Bonchev–Trinajstić information content (AvgIpc) is 3.33. The Bertz CT molecular complexity index is 1130. The van der Waals surface area contributed by atoms with Crippen molar-refractivity contribution in [1.29, 1.82) is 0 Å². The van der Waals surface area contributed by atoms with Crippen LogP contribution in [0.5, 0.6) is 0 Å². The van der Waals surface area contributed by atoms with Gasteiger partial charge in [0.1, 0.15) is 17.6 Å². The number of aliphatic hydroxyl groups is 1. The molecular formula is C23H28FN5O4. The van der Waals surface area contributed by atoms with Gasteiger partial charge in [-0.05, 0) is 33.3 Å². The van der Waals surface area contributed by atoms with Crippen molar-refractivity contribution in [2.24, 2.45) is 0 Å². The summed E-state index contributed by atoms with van der Waals surface area (Å²) in [7, 11) is 0. The third-order valence-electron chi connectivity index (χ3n) is 5.18. The van der Waals surface area contributed by atoms with E-state index in [-0.39, 0.29) is 25.4 Å². The Morgan fingerprint density at radius 1 is 1.30 bits per heavy atom. The number of anilines is 1. The molecule has 1 aromatic carbocycles. The molecule has 9 nitrogen and oxygen atoms in total. The van der Waals surface area contributed by atoms with Crippen LogP contribution in [0.1, 0.15) is 44.8 Å². The minimum atomic E-state index is -1.33. The van der Waals surface area contributed by atoms with Crippen molar-refractivity contribution in [3.63, 3.8) is 0 Å². The van der Waals surface area contributed by atoms with Crippen molar-refractivity contribution < 1.29 is 23.8 Å². The van der Waals surface area contributed by atoms with Crippen LogP contribution < -0.4 is 4.90 Å². The summed E-state index contributed by atoms with van der Waals surface area (Å²) in [5, 5.41) is 9.37. The number of carbonyl (C=O) groups excluding carboxylic acids is 1. The van der Waals surface area contributed by atoms with E-state index >= 15 is 0 Å². The van der Waals surface area contributed by atoms with Gasteiger partial charge in [-0.2, -0.15) is 0 Å². The lowest BCUT2D eigenvalue weighted by atomic mass is 10.2. The SMILES string of the molecule is Cc1nc(N(Cc2ccccc2)C(=O)OC(C)(C)C)c2ncn(C3OC(CO)CC3F)c2n1. The van der Waals surface area contributed by atoms with E-state index in [1.807, 2.05) is 30.3 Å². The number of rotatable bonds is 5. The highest BCUT2D eigenvalue weighted by atomic mass is 19.1. The molecule has 1 amide bonds. The Kier molecular flexibility index (Phi) is 6.31. The summed E-state index contributed by atoms with van der Waals surface area (Å²) in [5.74, 6) is 0.648. The molecule has 0 bridgehead atoms. The van der Waals surface area contributed by atoms with Crippen molar-refractivity contribution in [2.75, 3.05) is 11.5 Å². The molecule has 3 unspecified atom stereocenters. The van der Waals surface area contributed by atoms with Gasteiger partial charge >= 0.3 is 6.09 Å². The summed E-state index contributed by atoms with van der Waals surface area (Å²) in [6, 6.07) is 9.46. The molecule has 1 fully saturated rings. The molecule has 2 aromatic heterocycles. The first-order valence-electron chi connectivity index (χ1n) is 10.8. The Hall–Kier alpha value is -3.11. The second-order valence-corrected chi connectivity index (χ2v) is 9.05. The first kappa shape index (κ1) is 23.1. The van der Waals surface area contributed by atoms with Gasteiger partial charge in [-0.25, -0.2) is 24.1 Å². The molecule has 1 N–H and O–H groups in total. The fourth-order valence-electron chi connectivity index (χ4n) is 3.75. The largest absolute Gasteiger partial charge is 0.443 e. The molecule has 1 aliphatic rings. The quantitative estimate of drug-likeness (QED) is 0.623. The predicted octanol–water partition coefficient (Wildman–Crippen LogP) is 3.69. The van der Waals surface area contributed by atoms with Gasteiger partial charge in [0.25, 0.3) is 0 Å². The maximum Gasteiger partial charge on any atom is 0.416 e. The Morgan fingerprint density at radius 2 is 2.03 bits per heavy atom. The van der Waals surface area contributed by atoms with Crippen LogP contribution in [-0.4, -0.2) is 55.2 Å². The number of aryl methyl sites for hydroxylation is 1. The van der Waals surface area contributed by atoms with Crippen molar-refractivity contribution in [1.82, 2.24) is 19.5 Å². The minimum absolute atomic E-state index is 0.0792.